The molecule has 2 fully saturated rings. The van der Waals surface area contributed by atoms with Crippen LogP contribution in [0.4, 0.5) is 0 Å². The van der Waals surface area contributed by atoms with E-state index >= 15 is 0 Å². The van der Waals surface area contributed by atoms with Crippen LogP contribution in [0.15, 0.2) is 18.2 Å². The molecule has 3 aliphatic rings. The Morgan fingerprint density at radius 2 is 2.13 bits per heavy atom. The van der Waals surface area contributed by atoms with Crippen molar-refractivity contribution < 1.29 is 18.9 Å². The second-order valence-electron chi connectivity index (χ2n) is 6.63. The van der Waals surface area contributed by atoms with Gasteiger partial charge in [-0.2, -0.15) is 0 Å². The predicted octanol–water partition coefficient (Wildman–Crippen LogP) is 2.43. The van der Waals surface area contributed by atoms with Crippen LogP contribution in [0.5, 0.6) is 11.5 Å². The van der Waals surface area contributed by atoms with Gasteiger partial charge in [0.2, 0.25) is 6.79 Å². The molecule has 1 aliphatic carbocycles. The van der Waals surface area contributed by atoms with Gasteiger partial charge in [0.1, 0.15) is 0 Å². The normalized spacial score (nSPS) is 29.7. The Hall–Kier alpha value is -1.30. The zero-order valence-electron chi connectivity index (χ0n) is 13.7. The summed E-state index contributed by atoms with van der Waals surface area (Å²) in [7, 11) is 0. The number of benzene rings is 1. The molecule has 4 rings (SSSR count). The lowest BCUT2D eigenvalue weighted by Gasteiger charge is -2.37. The molecule has 1 aromatic carbocycles. The van der Waals surface area contributed by atoms with Crippen LogP contribution in [0, 0.1) is 5.92 Å². The van der Waals surface area contributed by atoms with Crippen LogP contribution in [0.2, 0.25) is 0 Å². The fraction of sp³-hybridized carbons (Fsp3) is 0.667. The highest BCUT2D eigenvalue weighted by atomic mass is 16.7. The average molecular weight is 319 g/mol. The fourth-order valence-electron chi connectivity index (χ4n) is 4.02. The highest BCUT2D eigenvalue weighted by Gasteiger charge is 2.40. The van der Waals surface area contributed by atoms with Gasteiger partial charge in [0.05, 0.1) is 12.7 Å². The number of ether oxygens (including phenoxy) is 4. The second kappa shape index (κ2) is 6.67. The molecule has 5 nitrogen and oxygen atoms in total. The Balaban J connectivity index is 1.42. The van der Waals surface area contributed by atoms with Gasteiger partial charge in [-0.1, -0.05) is 6.07 Å². The fourth-order valence-corrected chi connectivity index (χ4v) is 4.02. The molecule has 1 saturated carbocycles. The molecule has 0 aromatic heterocycles. The van der Waals surface area contributed by atoms with Crippen LogP contribution in [0.1, 0.15) is 25.3 Å². The smallest absolute Gasteiger partial charge is 0.231 e. The number of hydrogen-bond donors (Lipinski definition) is 0. The van der Waals surface area contributed by atoms with Crippen molar-refractivity contribution in [2.75, 3.05) is 33.2 Å². The van der Waals surface area contributed by atoms with E-state index in [1.54, 1.807) is 0 Å². The quantitative estimate of drug-likeness (QED) is 0.833. The van der Waals surface area contributed by atoms with Crippen molar-refractivity contribution in [3.05, 3.63) is 23.8 Å². The van der Waals surface area contributed by atoms with Gasteiger partial charge in [-0.25, -0.2) is 0 Å². The highest BCUT2D eigenvalue weighted by molar-refractivity contribution is 5.44. The number of hydrogen-bond acceptors (Lipinski definition) is 5. The molecule has 1 saturated heterocycles. The van der Waals surface area contributed by atoms with Gasteiger partial charge in [-0.15, -0.1) is 0 Å². The van der Waals surface area contributed by atoms with E-state index in [-0.39, 0.29) is 0 Å². The Labute approximate surface area is 137 Å². The third-order valence-corrected chi connectivity index (χ3v) is 5.13. The van der Waals surface area contributed by atoms with Gasteiger partial charge in [0.25, 0.3) is 0 Å². The first-order chi connectivity index (χ1) is 11.3. The van der Waals surface area contributed by atoms with Crippen molar-refractivity contribution in [1.82, 2.24) is 4.90 Å². The minimum absolute atomic E-state index is 0.333. The molecule has 0 unspecified atom stereocenters. The molecular weight excluding hydrogens is 294 g/mol. The molecule has 0 N–H and O–H groups in total. The minimum atomic E-state index is 0.333. The Bertz CT molecular complexity index is 550. The zero-order valence-corrected chi connectivity index (χ0v) is 13.7. The standard InChI is InChI=1S/C18H25NO4/c1-2-20-11-14-7-15-17(9-14)21-6-5-19(15)10-13-3-4-16-18(8-13)23-12-22-16/h3-4,8,14-15,17H,2,5-7,9-12H2,1H3/t14-,15-,17-/m0/s1. The molecular formula is C18H25NO4. The van der Waals surface area contributed by atoms with Crippen molar-refractivity contribution in [2.24, 2.45) is 5.92 Å². The van der Waals surface area contributed by atoms with E-state index in [4.69, 9.17) is 18.9 Å². The van der Waals surface area contributed by atoms with Gasteiger partial charge >= 0.3 is 0 Å². The van der Waals surface area contributed by atoms with E-state index in [2.05, 4.69) is 24.0 Å². The van der Waals surface area contributed by atoms with Crippen molar-refractivity contribution in [2.45, 2.75) is 38.5 Å². The molecule has 0 amide bonds. The number of fused-ring (bicyclic) bond motifs is 2. The van der Waals surface area contributed by atoms with Gasteiger partial charge in [0, 0.05) is 32.3 Å². The first-order valence-corrected chi connectivity index (χ1v) is 8.65. The van der Waals surface area contributed by atoms with Gasteiger partial charge in [0.15, 0.2) is 11.5 Å². The van der Waals surface area contributed by atoms with Crippen LogP contribution in [-0.4, -0.2) is 50.2 Å². The molecule has 5 heteroatoms. The van der Waals surface area contributed by atoms with E-state index in [0.29, 0.717) is 24.9 Å². The van der Waals surface area contributed by atoms with E-state index in [1.165, 1.54) is 12.0 Å². The maximum absolute atomic E-state index is 6.01. The summed E-state index contributed by atoms with van der Waals surface area (Å²) in [5.74, 6) is 2.35. The molecule has 3 atom stereocenters. The summed E-state index contributed by atoms with van der Waals surface area (Å²) < 4.78 is 22.5. The number of morpholine rings is 1. The Morgan fingerprint density at radius 3 is 3.04 bits per heavy atom. The lowest BCUT2D eigenvalue weighted by molar-refractivity contribution is -0.0591. The lowest BCUT2D eigenvalue weighted by atomic mass is 10.1. The third kappa shape index (κ3) is 3.18. The summed E-state index contributed by atoms with van der Waals surface area (Å²) in [6, 6.07) is 6.78. The topological polar surface area (TPSA) is 40.2 Å². The van der Waals surface area contributed by atoms with Gasteiger partial charge in [-0.05, 0) is 43.4 Å². The molecule has 0 bridgehead atoms. The van der Waals surface area contributed by atoms with Crippen LogP contribution in [0.25, 0.3) is 0 Å². The number of rotatable bonds is 5. The van der Waals surface area contributed by atoms with Crippen molar-refractivity contribution in [3.63, 3.8) is 0 Å². The van der Waals surface area contributed by atoms with E-state index < -0.39 is 0 Å². The summed E-state index contributed by atoms with van der Waals surface area (Å²) in [4.78, 5) is 2.57. The summed E-state index contributed by atoms with van der Waals surface area (Å²) in [6.07, 6.45) is 2.67. The molecule has 126 valence electrons. The second-order valence-corrected chi connectivity index (χ2v) is 6.63. The summed E-state index contributed by atoms with van der Waals surface area (Å²) >= 11 is 0. The Morgan fingerprint density at radius 1 is 1.22 bits per heavy atom. The van der Waals surface area contributed by atoms with Crippen LogP contribution in [0.3, 0.4) is 0 Å². The van der Waals surface area contributed by atoms with Crippen molar-refractivity contribution >= 4 is 0 Å². The Kier molecular flexibility index (Phi) is 4.42. The van der Waals surface area contributed by atoms with Crippen molar-refractivity contribution in [1.29, 1.82) is 0 Å². The molecule has 0 radical (unpaired) electrons. The molecule has 0 spiro atoms. The first kappa shape index (κ1) is 15.2. The van der Waals surface area contributed by atoms with Crippen LogP contribution >= 0.6 is 0 Å². The van der Waals surface area contributed by atoms with Gasteiger partial charge in [-0.3, -0.25) is 4.90 Å². The molecule has 1 aromatic rings. The third-order valence-electron chi connectivity index (χ3n) is 5.13. The number of nitrogens with zero attached hydrogens (tertiary/aromatic N) is 1. The highest BCUT2D eigenvalue weighted by Crippen LogP contribution is 2.37. The minimum Gasteiger partial charge on any atom is -0.454 e. The lowest BCUT2D eigenvalue weighted by Crippen LogP contribution is -2.47. The predicted molar refractivity (Wildman–Crippen MR) is 85.7 cm³/mol. The summed E-state index contributed by atoms with van der Waals surface area (Å²) in [5, 5.41) is 0. The van der Waals surface area contributed by atoms with E-state index in [0.717, 1.165) is 50.8 Å². The monoisotopic (exact) mass is 319 g/mol. The van der Waals surface area contributed by atoms with Gasteiger partial charge < -0.3 is 18.9 Å². The maximum atomic E-state index is 6.01. The van der Waals surface area contributed by atoms with E-state index in [1.807, 2.05) is 6.07 Å². The molecule has 23 heavy (non-hydrogen) atoms. The maximum Gasteiger partial charge on any atom is 0.231 e. The largest absolute Gasteiger partial charge is 0.454 e. The average Bonchev–Trinajstić information content (AvgIpc) is 3.19. The first-order valence-electron chi connectivity index (χ1n) is 8.65. The summed E-state index contributed by atoms with van der Waals surface area (Å²) in [5.41, 5.74) is 1.28. The van der Waals surface area contributed by atoms with Crippen LogP contribution in [-0.2, 0) is 16.0 Å². The van der Waals surface area contributed by atoms with E-state index in [9.17, 15) is 0 Å². The molecule has 2 heterocycles. The van der Waals surface area contributed by atoms with Crippen molar-refractivity contribution in [3.8, 4) is 11.5 Å². The summed E-state index contributed by atoms with van der Waals surface area (Å²) in [6.45, 7) is 6.83. The van der Waals surface area contributed by atoms with Crippen LogP contribution < -0.4 is 9.47 Å². The SMILES string of the molecule is CCOC[C@@H]1C[C@@H]2OCCN(Cc3ccc4c(c3)OCO4)[C@H]2C1. The molecule has 2 aliphatic heterocycles. The zero-order chi connectivity index (χ0) is 15.6.